The Morgan fingerprint density at radius 2 is 2.00 bits per heavy atom. The van der Waals surface area contributed by atoms with Crippen molar-refractivity contribution in [3.63, 3.8) is 0 Å². The van der Waals surface area contributed by atoms with Gasteiger partial charge in [-0.05, 0) is 29.6 Å². The first-order valence-corrected chi connectivity index (χ1v) is 7.16. The number of benzene rings is 1. The van der Waals surface area contributed by atoms with Gasteiger partial charge in [-0.2, -0.15) is 0 Å². The highest BCUT2D eigenvalue weighted by Gasteiger charge is 1.99. The van der Waals surface area contributed by atoms with Crippen LogP contribution in [0.4, 0.5) is 0 Å². The highest BCUT2D eigenvalue weighted by atomic mass is 79.9. The third-order valence-electron chi connectivity index (χ3n) is 2.28. The maximum atomic E-state index is 10.4. The Balaban J connectivity index is 0.000000362. The van der Waals surface area contributed by atoms with Gasteiger partial charge in [-0.3, -0.25) is 0 Å². The van der Waals surface area contributed by atoms with Gasteiger partial charge in [-0.15, -0.1) is 0 Å². The van der Waals surface area contributed by atoms with Crippen molar-refractivity contribution in [2.45, 2.75) is 31.5 Å². The quantitative estimate of drug-likeness (QED) is 0.268. The van der Waals surface area contributed by atoms with Crippen molar-refractivity contribution in [1.82, 2.24) is 0 Å². The van der Waals surface area contributed by atoms with Crippen LogP contribution in [0.5, 0.6) is 0 Å². The number of unbranched alkanes of at least 4 members (excludes halogenated alkanes) is 2. The topological polar surface area (TPSA) is 86.1 Å². The van der Waals surface area contributed by atoms with Crippen molar-refractivity contribution in [2.24, 2.45) is 5.11 Å². The van der Waals surface area contributed by atoms with Gasteiger partial charge >= 0.3 is 5.97 Å². The maximum Gasteiger partial charge on any atom is 0.335 e. The fourth-order valence-electron chi connectivity index (χ4n) is 1.21. The van der Waals surface area contributed by atoms with Crippen LogP contribution in [0.25, 0.3) is 10.4 Å². The highest BCUT2D eigenvalue weighted by molar-refractivity contribution is 9.08. The summed E-state index contributed by atoms with van der Waals surface area (Å²) in [4.78, 5) is 13.0. The van der Waals surface area contributed by atoms with Gasteiger partial charge in [0.1, 0.15) is 0 Å². The number of aromatic carboxylic acids is 1. The summed E-state index contributed by atoms with van der Waals surface area (Å²) in [5, 5.41) is 12.7. The maximum absolute atomic E-state index is 10.4. The second-order valence-corrected chi connectivity index (χ2v) is 4.36. The molecule has 104 valence electrons. The van der Waals surface area contributed by atoms with Gasteiger partial charge in [0.15, 0.2) is 0 Å². The minimum Gasteiger partial charge on any atom is -0.478 e. The predicted molar refractivity (Wildman–Crippen MR) is 79.6 cm³/mol. The Morgan fingerprint density at radius 1 is 1.37 bits per heavy atom. The summed E-state index contributed by atoms with van der Waals surface area (Å²) >= 11 is 3.27. The monoisotopic (exact) mass is 327 g/mol. The van der Waals surface area contributed by atoms with Crippen LogP contribution in [-0.4, -0.2) is 17.6 Å². The van der Waals surface area contributed by atoms with Crippen LogP contribution in [0.1, 0.15) is 42.1 Å². The van der Waals surface area contributed by atoms with Gasteiger partial charge in [-0.25, -0.2) is 4.79 Å². The van der Waals surface area contributed by atoms with E-state index in [1.807, 2.05) is 0 Å². The standard InChI is InChI=1S/C8H7BrO2.C5H11N3/c9-5-6-1-3-7(4-2-6)8(10)11;1-2-3-4-5-7-8-6/h1-4H,5H2,(H,10,11);2-5H2,1H3. The minimum absolute atomic E-state index is 0.328. The first kappa shape index (κ1) is 17.5. The SMILES string of the molecule is CCCCCN=[N+]=[N-].O=C(O)c1ccc(CBr)cc1. The van der Waals surface area contributed by atoms with E-state index in [2.05, 4.69) is 32.9 Å². The molecule has 0 radical (unpaired) electrons. The molecule has 0 spiro atoms. The van der Waals surface area contributed by atoms with E-state index in [0.717, 1.165) is 17.3 Å². The summed E-state index contributed by atoms with van der Waals surface area (Å²) in [6, 6.07) is 6.77. The van der Waals surface area contributed by atoms with Gasteiger partial charge < -0.3 is 5.11 Å². The number of halogens is 1. The number of azide groups is 1. The van der Waals surface area contributed by atoms with Gasteiger partial charge in [0, 0.05) is 16.8 Å². The molecule has 5 nitrogen and oxygen atoms in total. The largest absolute Gasteiger partial charge is 0.478 e. The van der Waals surface area contributed by atoms with Gasteiger partial charge in [0.25, 0.3) is 0 Å². The molecular weight excluding hydrogens is 310 g/mol. The second-order valence-electron chi connectivity index (χ2n) is 3.80. The first-order chi connectivity index (χ1) is 9.15. The van der Waals surface area contributed by atoms with E-state index >= 15 is 0 Å². The van der Waals surface area contributed by atoms with E-state index in [1.54, 1.807) is 24.3 Å². The molecule has 0 unspecified atom stereocenters. The molecule has 0 saturated heterocycles. The van der Waals surface area contributed by atoms with Crippen LogP contribution in [-0.2, 0) is 5.33 Å². The zero-order valence-electron chi connectivity index (χ0n) is 10.9. The molecule has 1 aromatic carbocycles. The van der Waals surface area contributed by atoms with Crippen molar-refractivity contribution < 1.29 is 9.90 Å². The van der Waals surface area contributed by atoms with Crippen molar-refractivity contribution in [3.05, 3.63) is 45.8 Å². The molecule has 1 aromatic rings. The summed E-state index contributed by atoms with van der Waals surface area (Å²) < 4.78 is 0. The van der Waals surface area contributed by atoms with Crippen LogP contribution in [0.15, 0.2) is 29.4 Å². The van der Waals surface area contributed by atoms with Crippen LogP contribution in [0.2, 0.25) is 0 Å². The lowest BCUT2D eigenvalue weighted by Crippen LogP contribution is -1.95. The average molecular weight is 328 g/mol. The lowest BCUT2D eigenvalue weighted by molar-refractivity contribution is 0.0697. The lowest BCUT2D eigenvalue weighted by atomic mass is 10.2. The molecule has 1 rings (SSSR count). The third kappa shape index (κ3) is 9.11. The first-order valence-electron chi connectivity index (χ1n) is 6.04. The lowest BCUT2D eigenvalue weighted by Gasteiger charge is -1.95. The van der Waals surface area contributed by atoms with Gasteiger partial charge in [0.05, 0.1) is 5.56 Å². The molecule has 0 aliphatic rings. The molecule has 0 atom stereocenters. The Hall–Kier alpha value is -1.52. The van der Waals surface area contributed by atoms with Crippen molar-refractivity contribution in [2.75, 3.05) is 6.54 Å². The van der Waals surface area contributed by atoms with E-state index in [9.17, 15) is 4.79 Å². The minimum atomic E-state index is -0.883. The summed E-state index contributed by atoms with van der Waals surface area (Å²) in [6.45, 7) is 2.78. The molecule has 0 aromatic heterocycles. The Bertz CT molecular complexity index is 414. The molecule has 0 bridgehead atoms. The van der Waals surface area contributed by atoms with E-state index in [1.165, 1.54) is 12.8 Å². The molecule has 0 aliphatic carbocycles. The molecular formula is C13H18BrN3O2. The highest BCUT2D eigenvalue weighted by Crippen LogP contribution is 2.07. The zero-order chi connectivity index (χ0) is 14.5. The summed E-state index contributed by atoms with van der Waals surface area (Å²) in [7, 11) is 0. The number of hydrogen-bond donors (Lipinski definition) is 1. The molecule has 0 heterocycles. The van der Waals surface area contributed by atoms with Gasteiger partial charge in [-0.1, -0.05) is 52.9 Å². The summed E-state index contributed by atoms with van der Waals surface area (Å²) in [6.07, 6.45) is 3.38. The van der Waals surface area contributed by atoms with Crippen molar-refractivity contribution in [1.29, 1.82) is 0 Å². The zero-order valence-corrected chi connectivity index (χ0v) is 12.5. The number of nitrogens with zero attached hydrogens (tertiary/aromatic N) is 3. The van der Waals surface area contributed by atoms with Crippen LogP contribution < -0.4 is 0 Å². The average Bonchev–Trinajstić information content (AvgIpc) is 2.44. The number of rotatable bonds is 6. The predicted octanol–water partition coefficient (Wildman–Crippen LogP) is 4.77. The smallest absolute Gasteiger partial charge is 0.335 e. The molecule has 6 heteroatoms. The number of carboxylic acids is 1. The normalized spacial score (nSPS) is 8.95. The Morgan fingerprint density at radius 3 is 2.42 bits per heavy atom. The van der Waals surface area contributed by atoms with Crippen molar-refractivity contribution >= 4 is 21.9 Å². The second kappa shape index (κ2) is 11.6. The molecule has 19 heavy (non-hydrogen) atoms. The molecule has 0 amide bonds. The molecule has 1 N–H and O–H groups in total. The van der Waals surface area contributed by atoms with Crippen LogP contribution in [0, 0.1) is 0 Å². The number of carbonyl (C=O) groups is 1. The number of alkyl halides is 1. The van der Waals surface area contributed by atoms with Crippen LogP contribution >= 0.6 is 15.9 Å². The fraction of sp³-hybridized carbons (Fsp3) is 0.462. The Kier molecular flexibility index (Phi) is 10.6. The van der Waals surface area contributed by atoms with E-state index < -0.39 is 5.97 Å². The fourth-order valence-corrected chi connectivity index (χ4v) is 1.59. The molecule has 0 fully saturated rings. The number of hydrogen-bond acceptors (Lipinski definition) is 2. The molecule has 0 aliphatic heterocycles. The van der Waals surface area contributed by atoms with Crippen molar-refractivity contribution in [3.8, 4) is 0 Å². The summed E-state index contributed by atoms with van der Waals surface area (Å²) in [5.74, 6) is -0.883. The van der Waals surface area contributed by atoms with Crippen LogP contribution in [0.3, 0.4) is 0 Å². The van der Waals surface area contributed by atoms with E-state index in [-0.39, 0.29) is 0 Å². The number of carboxylic acid groups (broad SMARTS) is 1. The van der Waals surface area contributed by atoms with Gasteiger partial charge in [0.2, 0.25) is 0 Å². The Labute approximate surface area is 121 Å². The molecule has 0 saturated carbocycles. The summed E-state index contributed by atoms with van der Waals surface area (Å²) in [5.41, 5.74) is 9.23. The van der Waals surface area contributed by atoms with E-state index in [4.69, 9.17) is 10.6 Å². The third-order valence-corrected chi connectivity index (χ3v) is 2.93. The van der Waals surface area contributed by atoms with E-state index in [0.29, 0.717) is 12.1 Å².